The largest absolute Gasteiger partial charge is 0.408 e. The molecule has 0 radical (unpaired) electrons. The molecule has 0 aromatic carbocycles. The van der Waals surface area contributed by atoms with E-state index in [1.54, 1.807) is 12.1 Å². The smallest absolute Gasteiger partial charge is 0.366 e. The molecular weight excluding hydrogens is 517 g/mol. The van der Waals surface area contributed by atoms with Crippen molar-refractivity contribution in [2.45, 2.75) is 31.6 Å². The molecule has 4 rings (SSSR count). The van der Waals surface area contributed by atoms with Crippen molar-refractivity contribution >= 4 is 56.8 Å². The van der Waals surface area contributed by atoms with Crippen molar-refractivity contribution in [3.8, 4) is 0 Å². The number of rotatable bonds is 3. The van der Waals surface area contributed by atoms with Crippen LogP contribution in [0.3, 0.4) is 0 Å². The molecule has 0 spiro atoms. The lowest BCUT2D eigenvalue weighted by Crippen LogP contribution is -2.49. The molecule has 0 unspecified atom stereocenters. The highest BCUT2D eigenvalue weighted by molar-refractivity contribution is 9.10. The van der Waals surface area contributed by atoms with Crippen LogP contribution in [-0.2, 0) is 0 Å². The molecule has 2 aliphatic rings. The van der Waals surface area contributed by atoms with Crippen molar-refractivity contribution in [1.82, 2.24) is 15.3 Å². The Balaban J connectivity index is 1.68. The first-order valence-corrected chi connectivity index (χ1v) is 10.8. The van der Waals surface area contributed by atoms with Crippen molar-refractivity contribution in [3.63, 3.8) is 0 Å². The molecule has 1 saturated heterocycles. The Morgan fingerprint density at radius 1 is 1.34 bits per heavy atom. The van der Waals surface area contributed by atoms with Crippen LogP contribution in [-0.4, -0.2) is 53.3 Å². The van der Waals surface area contributed by atoms with Gasteiger partial charge in [0, 0.05) is 23.8 Å². The Bertz CT molecular complexity index is 1090. The third-order valence-corrected chi connectivity index (χ3v) is 6.04. The average Bonchev–Trinajstić information content (AvgIpc) is 3.12. The minimum atomic E-state index is -4.62. The highest BCUT2D eigenvalue weighted by Gasteiger charge is 2.42. The topological polar surface area (TPSA) is 90.5 Å². The molecule has 13 heteroatoms. The van der Waals surface area contributed by atoms with Gasteiger partial charge in [0.2, 0.25) is 0 Å². The monoisotopic (exact) mass is 532 g/mol. The molecule has 0 saturated carbocycles. The van der Waals surface area contributed by atoms with Crippen LogP contribution >= 0.6 is 27.5 Å². The molecule has 3 amide bonds. The summed E-state index contributed by atoms with van der Waals surface area (Å²) in [6, 6.07) is 1.94. The van der Waals surface area contributed by atoms with Gasteiger partial charge in [-0.2, -0.15) is 13.2 Å². The zero-order chi connectivity index (χ0) is 23.2. The van der Waals surface area contributed by atoms with Gasteiger partial charge in [-0.05, 0) is 31.5 Å². The Labute approximate surface area is 194 Å². The number of aromatic nitrogens is 2. The van der Waals surface area contributed by atoms with Crippen molar-refractivity contribution in [3.05, 3.63) is 39.6 Å². The molecule has 1 fully saturated rings. The highest BCUT2D eigenvalue weighted by atomic mass is 79.9. The quantitative estimate of drug-likeness (QED) is 0.617. The van der Waals surface area contributed by atoms with Gasteiger partial charge in [0.15, 0.2) is 5.82 Å². The van der Waals surface area contributed by atoms with Crippen LogP contribution in [0.2, 0.25) is 5.02 Å². The fourth-order valence-electron chi connectivity index (χ4n) is 3.63. The second kappa shape index (κ2) is 8.39. The number of hydrogen-bond acceptors (Lipinski definition) is 5. The first kappa shape index (κ1) is 22.6. The summed E-state index contributed by atoms with van der Waals surface area (Å²) in [5.41, 5.74) is 0.143. The van der Waals surface area contributed by atoms with Crippen molar-refractivity contribution < 1.29 is 22.8 Å². The van der Waals surface area contributed by atoms with Gasteiger partial charge >= 0.3 is 12.2 Å². The van der Waals surface area contributed by atoms with E-state index in [0.29, 0.717) is 31.0 Å². The molecule has 32 heavy (non-hydrogen) atoms. The fourth-order valence-corrected chi connectivity index (χ4v) is 4.20. The fraction of sp³-hybridized carbons (Fsp3) is 0.368. The van der Waals surface area contributed by atoms with Crippen LogP contribution in [0.5, 0.6) is 0 Å². The number of carbonyl (C=O) groups excluding carboxylic acids is 2. The lowest BCUT2D eigenvalue weighted by Gasteiger charge is -2.36. The minimum absolute atomic E-state index is 0.102. The molecule has 2 bridgehead atoms. The van der Waals surface area contributed by atoms with Crippen LogP contribution < -0.4 is 20.4 Å². The van der Waals surface area contributed by atoms with Crippen LogP contribution in [0.4, 0.5) is 35.3 Å². The van der Waals surface area contributed by atoms with E-state index in [1.807, 2.05) is 10.2 Å². The molecule has 2 aliphatic heterocycles. The number of pyridine rings is 2. The van der Waals surface area contributed by atoms with E-state index in [-0.39, 0.29) is 22.6 Å². The van der Waals surface area contributed by atoms with Gasteiger partial charge in [0.25, 0.3) is 5.91 Å². The van der Waals surface area contributed by atoms with Crippen molar-refractivity contribution in [1.29, 1.82) is 0 Å². The van der Waals surface area contributed by atoms with E-state index in [9.17, 15) is 22.8 Å². The number of halogens is 5. The predicted octanol–water partition coefficient (Wildman–Crippen LogP) is 4.20. The molecule has 2 aromatic heterocycles. The molecule has 170 valence electrons. The lowest BCUT2D eigenvalue weighted by atomic mass is 10.1. The maximum atomic E-state index is 13.1. The van der Waals surface area contributed by atoms with E-state index in [2.05, 4.69) is 31.2 Å². The minimum Gasteiger partial charge on any atom is -0.366 e. The summed E-state index contributed by atoms with van der Waals surface area (Å²) in [5, 5.41) is 4.45. The second-order valence-electron chi connectivity index (χ2n) is 7.45. The summed E-state index contributed by atoms with van der Waals surface area (Å²) in [7, 11) is 0. The van der Waals surface area contributed by atoms with Crippen LogP contribution in [0.25, 0.3) is 0 Å². The van der Waals surface area contributed by atoms with E-state index in [0.717, 1.165) is 11.4 Å². The summed E-state index contributed by atoms with van der Waals surface area (Å²) in [6.07, 6.45) is -2.45. The first-order chi connectivity index (χ1) is 15.0. The van der Waals surface area contributed by atoms with E-state index in [1.165, 1.54) is 17.2 Å². The Morgan fingerprint density at radius 2 is 2.09 bits per heavy atom. The van der Waals surface area contributed by atoms with Gasteiger partial charge in [-0.15, -0.1) is 0 Å². The van der Waals surface area contributed by atoms with Crippen molar-refractivity contribution in [2.75, 3.05) is 28.2 Å². The third-order valence-electron chi connectivity index (χ3n) is 5.26. The normalized spacial score (nSPS) is 18.2. The Kier molecular flexibility index (Phi) is 5.93. The standard InChI is InChI=1S/C19H17BrClF3N6O2/c1-9(19(22,23)24)26-17(31)15-12(21)7-13-16(28-15)30(11-3-5-29(13)8-11)18(32)27-14-6-10(20)2-4-25-14/h2,4,6-7,9,11H,3,5,8H2,1H3,(H,26,31)(H,25,27,32)/t9-,11+/m1/s1. The van der Waals surface area contributed by atoms with Crippen LogP contribution in [0.1, 0.15) is 23.8 Å². The van der Waals surface area contributed by atoms with E-state index < -0.39 is 24.2 Å². The number of fused-ring (bicyclic) bond motifs is 4. The Morgan fingerprint density at radius 3 is 2.78 bits per heavy atom. The number of carbonyl (C=O) groups is 2. The molecule has 0 aliphatic carbocycles. The van der Waals surface area contributed by atoms with E-state index >= 15 is 0 Å². The average molecular weight is 534 g/mol. The van der Waals surface area contributed by atoms with Gasteiger partial charge in [-0.3, -0.25) is 15.0 Å². The molecule has 8 nitrogen and oxygen atoms in total. The second-order valence-corrected chi connectivity index (χ2v) is 8.77. The lowest BCUT2D eigenvalue weighted by molar-refractivity contribution is -0.149. The zero-order valence-electron chi connectivity index (χ0n) is 16.6. The van der Waals surface area contributed by atoms with Gasteiger partial charge < -0.3 is 10.2 Å². The third kappa shape index (κ3) is 4.33. The number of nitrogens with one attached hydrogen (secondary N) is 2. The van der Waals surface area contributed by atoms with Gasteiger partial charge in [0.1, 0.15) is 17.6 Å². The van der Waals surface area contributed by atoms with Crippen molar-refractivity contribution in [2.24, 2.45) is 0 Å². The molecular formula is C19H17BrClF3N6O2. The number of hydrogen-bond donors (Lipinski definition) is 2. The number of anilines is 3. The maximum Gasteiger partial charge on any atom is 0.408 e. The van der Waals surface area contributed by atoms with Gasteiger partial charge in [-0.1, -0.05) is 27.5 Å². The summed E-state index contributed by atoms with van der Waals surface area (Å²) in [6.45, 7) is 2.01. The summed E-state index contributed by atoms with van der Waals surface area (Å²) in [4.78, 5) is 37.3. The number of nitrogens with zero attached hydrogens (tertiary/aromatic N) is 4. The van der Waals surface area contributed by atoms with Crippen LogP contribution in [0, 0.1) is 0 Å². The SMILES string of the molecule is C[C@@H](NC(=O)c1nc2c(cc1Cl)N1CC[C@@H](C1)N2C(=O)Nc1cc(Br)ccn1)C(F)(F)F. The summed E-state index contributed by atoms with van der Waals surface area (Å²) < 4.78 is 39.3. The first-order valence-electron chi connectivity index (χ1n) is 9.59. The van der Waals surface area contributed by atoms with E-state index in [4.69, 9.17) is 11.6 Å². The van der Waals surface area contributed by atoms with Gasteiger partial charge in [0.05, 0.1) is 16.8 Å². The highest BCUT2D eigenvalue weighted by Crippen LogP contribution is 2.41. The molecule has 2 atom stereocenters. The number of alkyl halides is 3. The Hall–Kier alpha value is -2.60. The summed E-state index contributed by atoms with van der Waals surface area (Å²) >= 11 is 9.51. The zero-order valence-corrected chi connectivity index (χ0v) is 18.9. The molecule has 2 aromatic rings. The predicted molar refractivity (Wildman–Crippen MR) is 116 cm³/mol. The summed E-state index contributed by atoms with van der Waals surface area (Å²) in [5.74, 6) is -0.623. The van der Waals surface area contributed by atoms with Crippen LogP contribution in [0.15, 0.2) is 28.9 Å². The number of amides is 3. The maximum absolute atomic E-state index is 13.1. The number of urea groups is 1. The van der Waals surface area contributed by atoms with Gasteiger partial charge in [-0.25, -0.2) is 14.8 Å². The molecule has 2 N–H and O–H groups in total. The molecule has 4 heterocycles.